The third-order valence-corrected chi connectivity index (χ3v) is 3.77. The third kappa shape index (κ3) is 7.54. The number of nitrogens with zero attached hydrogens (tertiary/aromatic N) is 1. The quantitative estimate of drug-likeness (QED) is 0.549. The molecule has 5 heteroatoms. The van der Waals surface area contributed by atoms with E-state index in [1.54, 1.807) is 0 Å². The highest BCUT2D eigenvalue weighted by atomic mass is 32.2. The molecule has 0 saturated carbocycles. The summed E-state index contributed by atoms with van der Waals surface area (Å²) in [6, 6.07) is 10.3. The van der Waals surface area contributed by atoms with Gasteiger partial charge in [-0.15, -0.1) is 0 Å². The zero-order valence-electron chi connectivity index (χ0n) is 11.1. The van der Waals surface area contributed by atoms with E-state index in [0.717, 1.165) is 18.1 Å². The van der Waals surface area contributed by atoms with Crippen molar-refractivity contribution in [3.8, 4) is 0 Å². The molecule has 4 nitrogen and oxygen atoms in total. The molecule has 0 heterocycles. The first-order valence-electron chi connectivity index (χ1n) is 6.50. The van der Waals surface area contributed by atoms with Gasteiger partial charge in [-0.2, -0.15) is 11.8 Å². The van der Waals surface area contributed by atoms with E-state index in [9.17, 15) is 5.11 Å². The molecule has 0 aromatic heterocycles. The Morgan fingerprint density at radius 3 is 2.47 bits per heavy atom. The van der Waals surface area contributed by atoms with Crippen molar-refractivity contribution in [1.82, 2.24) is 4.90 Å². The minimum absolute atomic E-state index is 0.0709. The predicted molar refractivity (Wildman–Crippen MR) is 79.2 cm³/mol. The summed E-state index contributed by atoms with van der Waals surface area (Å²) in [6.45, 7) is 1.57. The Bertz CT molecular complexity index is 324. The molecule has 1 aromatic carbocycles. The Hall–Kier alpha value is -0.590. The summed E-state index contributed by atoms with van der Waals surface area (Å²) < 4.78 is 0. The first-order chi connectivity index (χ1) is 9.26. The van der Waals surface area contributed by atoms with Gasteiger partial charge in [0.2, 0.25) is 0 Å². The van der Waals surface area contributed by atoms with Crippen LogP contribution in [-0.2, 0) is 5.75 Å². The average Bonchev–Trinajstić information content (AvgIpc) is 2.44. The number of thioether (sulfide) groups is 1. The molecule has 0 spiro atoms. The van der Waals surface area contributed by atoms with E-state index in [2.05, 4.69) is 12.1 Å². The third-order valence-electron chi connectivity index (χ3n) is 2.76. The van der Waals surface area contributed by atoms with Gasteiger partial charge in [-0.1, -0.05) is 30.3 Å². The van der Waals surface area contributed by atoms with E-state index in [-0.39, 0.29) is 13.2 Å². The number of hydrogen-bond donors (Lipinski definition) is 3. The molecule has 1 unspecified atom stereocenters. The molecule has 1 rings (SSSR count). The van der Waals surface area contributed by atoms with Crippen molar-refractivity contribution in [2.45, 2.75) is 11.9 Å². The Morgan fingerprint density at radius 1 is 1.11 bits per heavy atom. The van der Waals surface area contributed by atoms with Crippen molar-refractivity contribution in [2.75, 3.05) is 38.6 Å². The van der Waals surface area contributed by atoms with Crippen LogP contribution in [0.25, 0.3) is 0 Å². The number of aliphatic hydroxyl groups is 3. The molecule has 0 radical (unpaired) electrons. The van der Waals surface area contributed by atoms with Gasteiger partial charge in [-0.25, -0.2) is 0 Å². The van der Waals surface area contributed by atoms with E-state index >= 15 is 0 Å². The molecule has 108 valence electrons. The molecule has 0 aliphatic rings. The molecule has 19 heavy (non-hydrogen) atoms. The number of benzene rings is 1. The second-order valence-electron chi connectivity index (χ2n) is 4.40. The van der Waals surface area contributed by atoms with Gasteiger partial charge in [0.1, 0.15) is 0 Å². The fraction of sp³-hybridized carbons (Fsp3) is 0.571. The maximum absolute atomic E-state index is 9.41. The maximum atomic E-state index is 9.41. The SMILES string of the molecule is OCCN(CCSCc1ccccc1)CC(O)CO. The highest BCUT2D eigenvalue weighted by Gasteiger charge is 2.10. The van der Waals surface area contributed by atoms with Crippen molar-refractivity contribution < 1.29 is 15.3 Å². The topological polar surface area (TPSA) is 63.9 Å². The first-order valence-corrected chi connectivity index (χ1v) is 7.65. The fourth-order valence-electron chi connectivity index (χ4n) is 1.75. The molecule has 0 fully saturated rings. The zero-order valence-corrected chi connectivity index (χ0v) is 11.9. The zero-order chi connectivity index (χ0) is 13.9. The van der Waals surface area contributed by atoms with E-state index in [1.165, 1.54) is 5.56 Å². The van der Waals surface area contributed by atoms with Crippen molar-refractivity contribution in [3.63, 3.8) is 0 Å². The highest BCUT2D eigenvalue weighted by Crippen LogP contribution is 2.11. The van der Waals surface area contributed by atoms with Crippen LogP contribution in [0.15, 0.2) is 30.3 Å². The summed E-state index contributed by atoms with van der Waals surface area (Å²) in [4.78, 5) is 1.97. The van der Waals surface area contributed by atoms with Gasteiger partial charge in [0.25, 0.3) is 0 Å². The maximum Gasteiger partial charge on any atom is 0.0897 e. The summed E-state index contributed by atoms with van der Waals surface area (Å²) in [5, 5.41) is 27.2. The van der Waals surface area contributed by atoms with E-state index < -0.39 is 6.10 Å². The number of hydrogen-bond acceptors (Lipinski definition) is 5. The van der Waals surface area contributed by atoms with Gasteiger partial charge in [-0.3, -0.25) is 4.90 Å². The molecular weight excluding hydrogens is 262 g/mol. The summed E-state index contributed by atoms with van der Waals surface area (Å²) in [5.41, 5.74) is 1.30. The van der Waals surface area contributed by atoms with E-state index in [4.69, 9.17) is 10.2 Å². The molecule has 0 bridgehead atoms. The number of aliphatic hydroxyl groups excluding tert-OH is 3. The second-order valence-corrected chi connectivity index (χ2v) is 5.50. The lowest BCUT2D eigenvalue weighted by Crippen LogP contribution is -2.37. The Kier molecular flexibility index (Phi) is 8.86. The van der Waals surface area contributed by atoms with Crippen LogP contribution in [0, 0.1) is 0 Å². The van der Waals surface area contributed by atoms with Crippen LogP contribution >= 0.6 is 11.8 Å². The van der Waals surface area contributed by atoms with Crippen molar-refractivity contribution >= 4 is 11.8 Å². The molecule has 1 atom stereocenters. The Balaban J connectivity index is 2.20. The first kappa shape index (κ1) is 16.5. The molecule has 0 saturated heterocycles. The average molecular weight is 285 g/mol. The van der Waals surface area contributed by atoms with Crippen LogP contribution in [0.5, 0.6) is 0 Å². The molecular formula is C14H23NO3S. The monoisotopic (exact) mass is 285 g/mol. The lowest BCUT2D eigenvalue weighted by Gasteiger charge is -2.23. The Morgan fingerprint density at radius 2 is 1.84 bits per heavy atom. The van der Waals surface area contributed by atoms with Crippen LogP contribution in [0.1, 0.15) is 5.56 Å². The lowest BCUT2D eigenvalue weighted by atomic mass is 10.2. The minimum Gasteiger partial charge on any atom is -0.395 e. The smallest absolute Gasteiger partial charge is 0.0897 e. The van der Waals surface area contributed by atoms with Crippen LogP contribution in [0.3, 0.4) is 0 Å². The van der Waals surface area contributed by atoms with Gasteiger partial charge in [0.05, 0.1) is 19.3 Å². The van der Waals surface area contributed by atoms with E-state index in [1.807, 2.05) is 34.9 Å². The van der Waals surface area contributed by atoms with Gasteiger partial charge >= 0.3 is 0 Å². The minimum atomic E-state index is -0.731. The van der Waals surface area contributed by atoms with E-state index in [0.29, 0.717) is 13.1 Å². The largest absolute Gasteiger partial charge is 0.395 e. The highest BCUT2D eigenvalue weighted by molar-refractivity contribution is 7.98. The molecule has 0 amide bonds. The van der Waals surface area contributed by atoms with Crippen LogP contribution < -0.4 is 0 Å². The molecule has 0 aliphatic carbocycles. The number of rotatable bonds is 10. The van der Waals surface area contributed by atoms with Gasteiger partial charge in [0, 0.05) is 31.1 Å². The van der Waals surface area contributed by atoms with Crippen molar-refractivity contribution in [1.29, 1.82) is 0 Å². The van der Waals surface area contributed by atoms with Gasteiger partial charge < -0.3 is 15.3 Å². The summed E-state index contributed by atoms with van der Waals surface area (Å²) in [5.74, 6) is 1.91. The van der Waals surface area contributed by atoms with Gasteiger partial charge in [0.15, 0.2) is 0 Å². The second kappa shape index (κ2) is 10.2. The van der Waals surface area contributed by atoms with Gasteiger partial charge in [-0.05, 0) is 5.56 Å². The van der Waals surface area contributed by atoms with Crippen molar-refractivity contribution in [2.24, 2.45) is 0 Å². The fourth-order valence-corrected chi connectivity index (χ4v) is 2.71. The molecule has 1 aromatic rings. The predicted octanol–water partition coefficient (Wildman–Crippen LogP) is 0.567. The molecule has 3 N–H and O–H groups in total. The lowest BCUT2D eigenvalue weighted by molar-refractivity contribution is 0.0557. The van der Waals surface area contributed by atoms with Crippen LogP contribution in [0.2, 0.25) is 0 Å². The van der Waals surface area contributed by atoms with Crippen LogP contribution in [-0.4, -0.2) is 64.9 Å². The van der Waals surface area contributed by atoms with Crippen LogP contribution in [0.4, 0.5) is 0 Å². The standard InChI is InChI=1S/C14H23NO3S/c16-8-6-15(10-14(18)11-17)7-9-19-12-13-4-2-1-3-5-13/h1-5,14,16-18H,6-12H2. The Labute approximate surface area is 119 Å². The summed E-state index contributed by atoms with van der Waals surface area (Å²) in [6.07, 6.45) is -0.731. The summed E-state index contributed by atoms with van der Waals surface area (Å²) in [7, 11) is 0. The summed E-state index contributed by atoms with van der Waals surface area (Å²) >= 11 is 1.83. The molecule has 0 aliphatic heterocycles. The normalized spacial score (nSPS) is 12.8. The van der Waals surface area contributed by atoms with Crippen molar-refractivity contribution in [3.05, 3.63) is 35.9 Å².